The van der Waals surface area contributed by atoms with Crippen molar-refractivity contribution in [2.45, 2.75) is 13.5 Å². The van der Waals surface area contributed by atoms with E-state index in [4.69, 9.17) is 9.47 Å². The lowest BCUT2D eigenvalue weighted by molar-refractivity contribution is -0.385. The predicted molar refractivity (Wildman–Crippen MR) is 89.5 cm³/mol. The van der Waals surface area contributed by atoms with Gasteiger partial charge in [-0.15, -0.1) is 0 Å². The SMILES string of the molecule is COC(=O)c1cc(CNc2ccc([N+](=O)[O-])c(C)c2)ccc1OC. The standard InChI is InChI=1S/C17H18N2O5/c1-11-8-13(5-6-15(11)19(21)22)18-10-12-4-7-16(23-2)14(9-12)17(20)24-3/h4-9,18H,10H2,1-3H3. The van der Waals surface area contributed by atoms with Gasteiger partial charge in [-0.2, -0.15) is 0 Å². The maximum atomic E-state index is 11.8. The number of benzene rings is 2. The van der Waals surface area contributed by atoms with Crippen molar-refractivity contribution >= 4 is 17.3 Å². The van der Waals surface area contributed by atoms with Crippen LogP contribution in [-0.4, -0.2) is 25.1 Å². The third-order valence-electron chi connectivity index (χ3n) is 3.56. The molecule has 0 radical (unpaired) electrons. The fraction of sp³-hybridized carbons (Fsp3) is 0.235. The third kappa shape index (κ3) is 3.81. The number of esters is 1. The first-order chi connectivity index (χ1) is 11.5. The molecule has 0 saturated heterocycles. The average molecular weight is 330 g/mol. The molecule has 0 bridgehead atoms. The van der Waals surface area contributed by atoms with Crippen molar-refractivity contribution in [3.63, 3.8) is 0 Å². The van der Waals surface area contributed by atoms with Crippen LogP contribution in [0.1, 0.15) is 21.5 Å². The number of ether oxygens (including phenoxy) is 2. The van der Waals surface area contributed by atoms with Crippen LogP contribution < -0.4 is 10.1 Å². The summed E-state index contributed by atoms with van der Waals surface area (Å²) in [5, 5.41) is 14.0. The van der Waals surface area contributed by atoms with Gasteiger partial charge in [0, 0.05) is 23.9 Å². The highest BCUT2D eigenvalue weighted by molar-refractivity contribution is 5.92. The van der Waals surface area contributed by atoms with Crippen LogP contribution in [0.3, 0.4) is 0 Å². The lowest BCUT2D eigenvalue weighted by Gasteiger charge is -2.11. The van der Waals surface area contributed by atoms with Crippen molar-refractivity contribution in [1.29, 1.82) is 0 Å². The number of hydrogen-bond acceptors (Lipinski definition) is 6. The molecule has 0 atom stereocenters. The van der Waals surface area contributed by atoms with Crippen molar-refractivity contribution in [3.05, 3.63) is 63.2 Å². The Morgan fingerprint density at radius 2 is 1.96 bits per heavy atom. The maximum Gasteiger partial charge on any atom is 0.341 e. The summed E-state index contributed by atoms with van der Waals surface area (Å²) in [5.41, 5.74) is 2.62. The number of aryl methyl sites for hydroxylation is 1. The summed E-state index contributed by atoms with van der Waals surface area (Å²) in [4.78, 5) is 22.2. The van der Waals surface area contributed by atoms with E-state index in [2.05, 4.69) is 5.32 Å². The number of nitro benzene ring substituents is 1. The zero-order valence-electron chi connectivity index (χ0n) is 13.7. The van der Waals surface area contributed by atoms with Crippen molar-refractivity contribution in [2.75, 3.05) is 19.5 Å². The van der Waals surface area contributed by atoms with Gasteiger partial charge in [-0.25, -0.2) is 4.79 Å². The summed E-state index contributed by atoms with van der Waals surface area (Å²) in [5.74, 6) is -0.0309. The summed E-state index contributed by atoms with van der Waals surface area (Å²) in [6, 6.07) is 10.0. The van der Waals surface area contributed by atoms with Crippen molar-refractivity contribution in [3.8, 4) is 5.75 Å². The van der Waals surface area contributed by atoms with Gasteiger partial charge in [0.1, 0.15) is 11.3 Å². The van der Waals surface area contributed by atoms with Crippen LogP contribution in [-0.2, 0) is 11.3 Å². The maximum absolute atomic E-state index is 11.8. The minimum atomic E-state index is -0.472. The van der Waals surface area contributed by atoms with E-state index in [9.17, 15) is 14.9 Å². The second kappa shape index (κ2) is 7.45. The Morgan fingerprint density at radius 3 is 2.54 bits per heavy atom. The number of carbonyl (C=O) groups is 1. The normalized spacial score (nSPS) is 10.1. The Labute approximate surface area is 139 Å². The fourth-order valence-corrected chi connectivity index (χ4v) is 2.31. The molecule has 0 heterocycles. The van der Waals surface area contributed by atoms with Gasteiger partial charge >= 0.3 is 5.97 Å². The van der Waals surface area contributed by atoms with E-state index in [0.29, 0.717) is 23.4 Å². The number of nitro groups is 1. The summed E-state index contributed by atoms with van der Waals surface area (Å²) in [6.45, 7) is 2.14. The van der Waals surface area contributed by atoms with Crippen LogP contribution in [0.2, 0.25) is 0 Å². The second-order valence-corrected chi connectivity index (χ2v) is 5.14. The van der Waals surface area contributed by atoms with E-state index < -0.39 is 10.9 Å². The van der Waals surface area contributed by atoms with E-state index in [-0.39, 0.29) is 5.69 Å². The zero-order valence-corrected chi connectivity index (χ0v) is 13.7. The number of nitrogens with zero attached hydrogens (tertiary/aromatic N) is 1. The third-order valence-corrected chi connectivity index (χ3v) is 3.56. The number of rotatable bonds is 6. The second-order valence-electron chi connectivity index (χ2n) is 5.14. The molecule has 0 unspecified atom stereocenters. The lowest BCUT2D eigenvalue weighted by atomic mass is 10.1. The highest BCUT2D eigenvalue weighted by atomic mass is 16.6. The molecule has 2 aromatic carbocycles. The van der Waals surface area contributed by atoms with Gasteiger partial charge in [0.2, 0.25) is 0 Å². The van der Waals surface area contributed by atoms with Crippen molar-refractivity contribution < 1.29 is 19.2 Å². The molecule has 0 aliphatic carbocycles. The molecule has 7 nitrogen and oxygen atoms in total. The Hall–Kier alpha value is -3.09. The van der Waals surface area contributed by atoms with E-state index in [1.165, 1.54) is 20.3 Å². The molecular weight excluding hydrogens is 312 g/mol. The number of methoxy groups -OCH3 is 2. The van der Waals surface area contributed by atoms with Crippen molar-refractivity contribution in [2.24, 2.45) is 0 Å². The lowest BCUT2D eigenvalue weighted by Crippen LogP contribution is -2.07. The Morgan fingerprint density at radius 1 is 1.21 bits per heavy atom. The van der Waals surface area contributed by atoms with Gasteiger partial charge in [-0.3, -0.25) is 10.1 Å². The van der Waals surface area contributed by atoms with Crippen molar-refractivity contribution in [1.82, 2.24) is 0 Å². The minimum absolute atomic E-state index is 0.0815. The van der Waals surface area contributed by atoms with Crippen LogP contribution in [0.15, 0.2) is 36.4 Å². The summed E-state index contributed by atoms with van der Waals surface area (Å²) >= 11 is 0. The molecule has 0 amide bonds. The van der Waals surface area contributed by atoms with E-state index >= 15 is 0 Å². The topological polar surface area (TPSA) is 90.7 Å². The van der Waals surface area contributed by atoms with Crippen LogP contribution in [0.5, 0.6) is 5.75 Å². The Bertz CT molecular complexity index is 774. The van der Waals surface area contributed by atoms with E-state index in [1.54, 1.807) is 31.2 Å². The Kier molecular flexibility index (Phi) is 5.36. The summed E-state index contributed by atoms with van der Waals surface area (Å²) < 4.78 is 9.90. The summed E-state index contributed by atoms with van der Waals surface area (Å²) in [6.07, 6.45) is 0. The minimum Gasteiger partial charge on any atom is -0.496 e. The molecule has 2 aromatic rings. The molecule has 0 aliphatic rings. The van der Waals surface area contributed by atoms with Gasteiger partial charge in [0.15, 0.2) is 0 Å². The molecule has 0 aliphatic heterocycles. The average Bonchev–Trinajstić information content (AvgIpc) is 2.58. The molecule has 0 aromatic heterocycles. The highest BCUT2D eigenvalue weighted by Gasteiger charge is 2.14. The predicted octanol–water partition coefficient (Wildman–Crippen LogP) is 3.31. The highest BCUT2D eigenvalue weighted by Crippen LogP contribution is 2.24. The smallest absolute Gasteiger partial charge is 0.341 e. The molecule has 126 valence electrons. The number of anilines is 1. The quantitative estimate of drug-likeness (QED) is 0.496. The monoisotopic (exact) mass is 330 g/mol. The molecular formula is C17H18N2O5. The number of nitrogens with one attached hydrogen (secondary N) is 1. The van der Waals surface area contributed by atoms with Gasteiger partial charge in [-0.1, -0.05) is 6.07 Å². The zero-order chi connectivity index (χ0) is 17.7. The first-order valence-corrected chi connectivity index (χ1v) is 7.20. The Balaban J connectivity index is 2.16. The fourth-order valence-electron chi connectivity index (χ4n) is 2.31. The van der Waals surface area contributed by atoms with Crippen LogP contribution in [0.4, 0.5) is 11.4 Å². The van der Waals surface area contributed by atoms with Gasteiger partial charge in [0.25, 0.3) is 5.69 Å². The number of hydrogen-bond donors (Lipinski definition) is 1. The van der Waals surface area contributed by atoms with Crippen LogP contribution in [0, 0.1) is 17.0 Å². The first-order valence-electron chi connectivity index (χ1n) is 7.20. The molecule has 0 spiro atoms. The van der Waals surface area contributed by atoms with Gasteiger partial charge in [0.05, 0.1) is 19.1 Å². The molecule has 2 rings (SSSR count). The molecule has 1 N–H and O–H groups in total. The molecule has 24 heavy (non-hydrogen) atoms. The number of carbonyl (C=O) groups excluding carboxylic acids is 1. The summed E-state index contributed by atoms with van der Waals surface area (Å²) in [7, 11) is 2.80. The van der Waals surface area contributed by atoms with Crippen LogP contribution >= 0.6 is 0 Å². The van der Waals surface area contributed by atoms with E-state index in [0.717, 1.165) is 11.3 Å². The van der Waals surface area contributed by atoms with E-state index in [1.807, 2.05) is 6.07 Å². The van der Waals surface area contributed by atoms with Gasteiger partial charge in [-0.05, 0) is 36.8 Å². The largest absolute Gasteiger partial charge is 0.496 e. The van der Waals surface area contributed by atoms with Gasteiger partial charge < -0.3 is 14.8 Å². The molecule has 0 fully saturated rings. The van der Waals surface area contributed by atoms with Crippen LogP contribution in [0.25, 0.3) is 0 Å². The molecule has 0 saturated carbocycles. The first kappa shape index (κ1) is 17.3. The molecule has 7 heteroatoms.